The first-order valence-corrected chi connectivity index (χ1v) is 38.7. The molecule has 0 spiro atoms. The normalized spacial score (nSPS) is 11.3. The number of pyridine rings is 3. The molecule has 11 heterocycles. The summed E-state index contributed by atoms with van der Waals surface area (Å²) in [6.07, 6.45) is 19.5. The molecule has 0 unspecified atom stereocenters. The number of nitrogens with zero attached hydrogens (tertiary/aromatic N) is 14. The van der Waals surface area contributed by atoms with E-state index in [2.05, 4.69) is 101 Å². The molecular weight excluding hydrogens is 1500 g/mol. The van der Waals surface area contributed by atoms with E-state index in [1.165, 1.54) is 61.2 Å². The Bertz CT molecular complexity index is 6470. The number of para-hydroxylation sites is 3. The van der Waals surface area contributed by atoms with E-state index < -0.39 is 53.1 Å². The van der Waals surface area contributed by atoms with Gasteiger partial charge in [-0.05, 0) is 103 Å². The van der Waals surface area contributed by atoms with Crippen molar-refractivity contribution in [1.29, 1.82) is 0 Å². The largest absolute Gasteiger partial charge is 0.382 e. The summed E-state index contributed by atoms with van der Waals surface area (Å²) in [5.41, 5.74) is 31.6. The molecule has 0 aliphatic heterocycles. The van der Waals surface area contributed by atoms with Gasteiger partial charge >= 0.3 is 0 Å². The highest BCUT2D eigenvalue weighted by Crippen LogP contribution is 2.28. The molecule has 0 saturated carbocycles. The maximum absolute atomic E-state index is 12.7. The van der Waals surface area contributed by atoms with Crippen molar-refractivity contribution in [2.24, 2.45) is 0 Å². The van der Waals surface area contributed by atoms with Crippen molar-refractivity contribution in [3.63, 3.8) is 0 Å². The van der Waals surface area contributed by atoms with E-state index in [0.29, 0.717) is 73.6 Å². The molecule has 0 aliphatic rings. The number of nitrogens with two attached hydrogens (primary N) is 4. The van der Waals surface area contributed by atoms with Crippen LogP contribution in [0.5, 0.6) is 0 Å². The van der Waals surface area contributed by atoms with Gasteiger partial charge < -0.3 is 53.3 Å². The lowest BCUT2D eigenvalue weighted by Gasteiger charge is -2.09. The molecule has 0 saturated heterocycles. The molecular formula is C74H61N25O10S3. The number of rotatable bonds is 15. The molecule has 15 N–H and O–H groups in total. The zero-order chi connectivity index (χ0) is 79.0. The number of carbonyl (C=O) groups excluding carboxylic acids is 4. The quantitative estimate of drug-likeness (QED) is 0.0456. The molecule has 0 aliphatic carbocycles. The van der Waals surface area contributed by atoms with Crippen LogP contribution in [0.3, 0.4) is 0 Å². The Morgan fingerprint density at radius 1 is 0.420 bits per heavy atom. The van der Waals surface area contributed by atoms with Gasteiger partial charge in [0.25, 0.3) is 23.6 Å². The van der Waals surface area contributed by atoms with Crippen molar-refractivity contribution in [1.82, 2.24) is 84.4 Å². The third kappa shape index (κ3) is 17.4. The number of H-pyrrole nitrogens is 3. The fraction of sp³-hybridized carbons (Fsp3) is 0.0405. The molecule has 11 aromatic heterocycles. The minimum absolute atomic E-state index is 0.0278. The number of sulfone groups is 3. The van der Waals surface area contributed by atoms with Gasteiger partial charge in [0.2, 0.25) is 5.95 Å². The third-order valence-electron chi connectivity index (χ3n) is 16.4. The number of hydrogen-bond donors (Lipinski definition) is 11. The Balaban J connectivity index is 0.000000131. The van der Waals surface area contributed by atoms with Gasteiger partial charge in [-0.1, -0.05) is 60.7 Å². The number of imidazole rings is 2. The molecule has 0 atom stereocenters. The lowest BCUT2D eigenvalue weighted by atomic mass is 10.1. The highest BCUT2D eigenvalue weighted by Gasteiger charge is 2.23. The van der Waals surface area contributed by atoms with Crippen LogP contribution in [0.15, 0.2) is 240 Å². The number of hydrogen-bond acceptors (Lipinski definition) is 27. The van der Waals surface area contributed by atoms with Gasteiger partial charge in [0, 0.05) is 89.0 Å². The first-order valence-electron chi connectivity index (χ1n) is 33.0. The first kappa shape index (κ1) is 75.1. The summed E-state index contributed by atoms with van der Waals surface area (Å²) in [6.45, 7) is 0. The van der Waals surface area contributed by atoms with Gasteiger partial charge in [0.1, 0.15) is 11.5 Å². The van der Waals surface area contributed by atoms with E-state index in [-0.39, 0.29) is 66.7 Å². The van der Waals surface area contributed by atoms with E-state index in [1.807, 2.05) is 79.0 Å². The predicted octanol–water partition coefficient (Wildman–Crippen LogP) is 8.79. The van der Waals surface area contributed by atoms with Crippen molar-refractivity contribution in [2.45, 2.75) is 14.7 Å². The van der Waals surface area contributed by atoms with Crippen LogP contribution in [0, 0.1) is 0 Å². The van der Waals surface area contributed by atoms with Crippen LogP contribution in [0.2, 0.25) is 0 Å². The Kier molecular flexibility index (Phi) is 21.3. The topological polar surface area (TPSA) is 542 Å². The molecule has 112 heavy (non-hydrogen) atoms. The lowest BCUT2D eigenvalue weighted by Crippen LogP contribution is -2.18. The Morgan fingerprint density at radius 3 is 1.41 bits per heavy atom. The zero-order valence-corrected chi connectivity index (χ0v) is 61.2. The summed E-state index contributed by atoms with van der Waals surface area (Å²) in [4.78, 5) is 107. The third-order valence-corrected chi connectivity index (χ3v) is 19.8. The molecule has 560 valence electrons. The second-order valence-electron chi connectivity index (χ2n) is 24.3. The van der Waals surface area contributed by atoms with Crippen LogP contribution in [-0.2, 0) is 29.5 Å². The van der Waals surface area contributed by atoms with E-state index in [1.54, 1.807) is 90.0 Å². The van der Waals surface area contributed by atoms with Crippen LogP contribution in [-0.4, -0.2) is 152 Å². The monoisotopic (exact) mass is 1560 g/mol. The summed E-state index contributed by atoms with van der Waals surface area (Å²) in [6, 6.07) is 45.7. The fourth-order valence-electron chi connectivity index (χ4n) is 10.8. The van der Waals surface area contributed by atoms with Gasteiger partial charge in [-0.2, -0.15) is 5.10 Å². The minimum atomic E-state index is -3.31. The maximum atomic E-state index is 12.7. The summed E-state index contributed by atoms with van der Waals surface area (Å²) >= 11 is 0. The van der Waals surface area contributed by atoms with Crippen molar-refractivity contribution in [2.75, 3.05) is 63.0 Å². The van der Waals surface area contributed by atoms with Crippen LogP contribution in [0.25, 0.3) is 83.6 Å². The average molecular weight is 1560 g/mol. The Morgan fingerprint density at radius 2 is 0.902 bits per heavy atom. The number of aromatic amines is 3. The molecule has 4 amide bonds. The highest BCUT2D eigenvalue weighted by molar-refractivity contribution is 7.91. The minimum Gasteiger partial charge on any atom is -0.382 e. The van der Waals surface area contributed by atoms with Gasteiger partial charge in [-0.15, -0.1) is 0 Å². The van der Waals surface area contributed by atoms with Crippen LogP contribution in [0.1, 0.15) is 42.0 Å². The molecule has 16 rings (SSSR count). The summed E-state index contributed by atoms with van der Waals surface area (Å²) in [5, 5.41) is 19.4. The number of anilines is 8. The number of nitrogens with one attached hydrogen (secondary N) is 7. The van der Waals surface area contributed by atoms with Crippen LogP contribution >= 0.6 is 0 Å². The molecule has 38 heteroatoms. The average Bonchev–Trinajstić information content (AvgIpc) is 1.13. The number of carbonyl (C=O) groups is 4. The molecule has 35 nitrogen and oxygen atoms in total. The van der Waals surface area contributed by atoms with Gasteiger partial charge in [-0.3, -0.25) is 34.6 Å². The molecule has 5 aromatic carbocycles. The molecule has 0 bridgehead atoms. The van der Waals surface area contributed by atoms with E-state index in [0.717, 1.165) is 46.1 Å². The fourth-order valence-corrected chi connectivity index (χ4v) is 12.7. The van der Waals surface area contributed by atoms with Crippen LogP contribution < -0.4 is 44.2 Å². The van der Waals surface area contributed by atoms with Crippen molar-refractivity contribution < 1.29 is 44.4 Å². The lowest BCUT2D eigenvalue weighted by molar-refractivity contribution is 0.101. The smallest absolute Gasteiger partial charge is 0.280 e. The molecule has 16 aromatic rings. The van der Waals surface area contributed by atoms with Gasteiger partial charge in [0.15, 0.2) is 87.0 Å². The number of nitrogen functional groups attached to an aromatic ring is 4. The second-order valence-corrected chi connectivity index (χ2v) is 30.4. The SMILES string of the molecule is CS(=O)(=O)c1ccc(-c2cnc(N)c(C(=O)Nc3ccc4cc[nH]c4n3)n2)cc1.CS(=O)(=O)c1ccc(-c2cnc(N)c(C(=O)Nc3n[nH]c4ccccc34)n2)cc1.CS(=O)(=O)c1ccc(-c2cnc(N)c(C(=O)Nc3nc4ccccc4[nH]3)n2)cc1.Nc1ncc(-c2cccnc2)nc1C(=O)Nc1cccn2ccnc12. The standard InChI is InChI=1S/3C19H16N6O3S.C17H13N7O/c1-29(27,28)13-5-2-11(3-6-13)14-10-22-17(20)16(23-14)19(26)25-15-7-4-12-8-9-21-18(12)24-15;1-29(27,28)12-8-6-11(7-9-12)15-10-21-17(20)16(22-15)18(26)25-19-23-13-4-2-3-5-14(13)24-19;1-29(27,28)12-8-6-11(7-9-12)15-10-21-17(20)16(22-15)19(26)23-18-13-4-2-3-5-14(13)24-25-18;18-15-14(22-13(10-21-15)11-3-1-5-19-9-11)17(25)23-12-4-2-7-24-8-6-20-16(12)24/h2-10H,1H3,(H2,20,22)(H2,21,24,25,26);2*2-10H,1H3,(H2,20,21)(H2,23,24,25,26);1-10H,(H2,18,21)(H,23,25). The Labute approximate surface area is 634 Å². The highest BCUT2D eigenvalue weighted by atomic mass is 32.2. The van der Waals surface area contributed by atoms with E-state index in [9.17, 15) is 44.4 Å². The van der Waals surface area contributed by atoms with Gasteiger partial charge in [-0.25, -0.2) is 80.1 Å². The van der Waals surface area contributed by atoms with Crippen molar-refractivity contribution >= 4 is 138 Å². The summed E-state index contributed by atoms with van der Waals surface area (Å²) in [5.74, 6) is -1.20. The van der Waals surface area contributed by atoms with E-state index in [4.69, 9.17) is 22.9 Å². The van der Waals surface area contributed by atoms with Gasteiger partial charge in [0.05, 0.1) is 84.5 Å². The van der Waals surface area contributed by atoms with Crippen molar-refractivity contribution in [3.05, 3.63) is 249 Å². The second kappa shape index (κ2) is 31.7. The van der Waals surface area contributed by atoms with Crippen molar-refractivity contribution in [3.8, 4) is 45.0 Å². The predicted molar refractivity (Wildman–Crippen MR) is 420 cm³/mol. The summed E-state index contributed by atoms with van der Waals surface area (Å²) < 4.78 is 71.4. The molecule has 0 fully saturated rings. The number of benzene rings is 5. The maximum Gasteiger partial charge on any atom is 0.280 e. The zero-order valence-electron chi connectivity index (χ0n) is 58.7. The number of aromatic nitrogens is 17. The van der Waals surface area contributed by atoms with E-state index >= 15 is 0 Å². The molecule has 0 radical (unpaired) electrons. The summed E-state index contributed by atoms with van der Waals surface area (Å²) in [7, 11) is -9.92. The Hall–Kier alpha value is -15.2. The number of amides is 4. The number of fused-ring (bicyclic) bond motifs is 4. The first-order chi connectivity index (χ1) is 53.7. The van der Waals surface area contributed by atoms with Crippen LogP contribution in [0.4, 0.5) is 46.5 Å².